The molecule has 4 aromatic rings. The minimum absolute atomic E-state index is 0.0269. The van der Waals surface area contributed by atoms with Gasteiger partial charge in [-0.15, -0.1) is 11.3 Å². The molecular weight excluding hydrogens is 509 g/mol. The van der Waals surface area contributed by atoms with Crippen molar-refractivity contribution in [2.75, 3.05) is 20.2 Å². The van der Waals surface area contributed by atoms with Crippen molar-refractivity contribution in [1.29, 1.82) is 0 Å². The Hall–Kier alpha value is -2.03. The summed E-state index contributed by atoms with van der Waals surface area (Å²) in [6.45, 7) is 4.32. The van der Waals surface area contributed by atoms with Crippen LogP contribution in [0.15, 0.2) is 52.4 Å². The Morgan fingerprint density at radius 3 is 2.71 bits per heavy atom. The lowest BCUT2D eigenvalue weighted by molar-refractivity contribution is 0.318. The van der Waals surface area contributed by atoms with Gasteiger partial charge in [-0.2, -0.15) is 0 Å². The van der Waals surface area contributed by atoms with Crippen LogP contribution in [0.4, 0.5) is 0 Å². The molecule has 0 bridgehead atoms. The van der Waals surface area contributed by atoms with E-state index in [1.165, 1.54) is 16.6 Å². The van der Waals surface area contributed by atoms with Gasteiger partial charge in [0.25, 0.3) is 5.56 Å². The van der Waals surface area contributed by atoms with E-state index in [-0.39, 0.29) is 5.56 Å². The van der Waals surface area contributed by atoms with Gasteiger partial charge in [-0.05, 0) is 67.9 Å². The Morgan fingerprint density at radius 1 is 1.18 bits per heavy atom. The lowest BCUT2D eigenvalue weighted by atomic mass is 10.1. The van der Waals surface area contributed by atoms with Crippen LogP contribution in [0.5, 0.6) is 5.75 Å². The molecule has 2 aromatic heterocycles. The van der Waals surface area contributed by atoms with Crippen LogP contribution >= 0.6 is 46.3 Å². The van der Waals surface area contributed by atoms with Gasteiger partial charge >= 0.3 is 0 Å². The van der Waals surface area contributed by atoms with Crippen LogP contribution in [0.1, 0.15) is 22.9 Å². The highest BCUT2D eigenvalue weighted by atomic mass is 35.5. The van der Waals surface area contributed by atoms with Gasteiger partial charge in [0.2, 0.25) is 0 Å². The van der Waals surface area contributed by atoms with Gasteiger partial charge in [0.15, 0.2) is 5.16 Å². The number of fused-ring (bicyclic) bond motifs is 3. The Morgan fingerprint density at radius 2 is 1.97 bits per heavy atom. The van der Waals surface area contributed by atoms with Gasteiger partial charge in [0.05, 0.1) is 17.7 Å². The van der Waals surface area contributed by atoms with Crippen molar-refractivity contribution in [1.82, 2.24) is 14.5 Å². The molecule has 0 spiro atoms. The predicted octanol–water partition coefficient (Wildman–Crippen LogP) is 6.43. The van der Waals surface area contributed by atoms with Crippen molar-refractivity contribution in [2.24, 2.45) is 0 Å². The maximum absolute atomic E-state index is 13.9. The molecule has 9 heteroatoms. The monoisotopic (exact) mass is 531 g/mol. The van der Waals surface area contributed by atoms with Crippen molar-refractivity contribution < 1.29 is 4.74 Å². The molecule has 0 fully saturated rings. The van der Waals surface area contributed by atoms with E-state index < -0.39 is 0 Å². The number of likely N-dealkylation sites (N-methyl/N-ethyl adjacent to an activating group) is 1. The molecule has 0 aliphatic carbocycles. The fraction of sp³-hybridized carbons (Fsp3) is 0.280. The summed E-state index contributed by atoms with van der Waals surface area (Å²) in [6.07, 6.45) is 0.860. The van der Waals surface area contributed by atoms with E-state index >= 15 is 0 Å². The third-order valence-corrected chi connectivity index (χ3v) is 8.50. The highest BCUT2D eigenvalue weighted by molar-refractivity contribution is 7.98. The second-order valence-corrected chi connectivity index (χ2v) is 11.0. The van der Waals surface area contributed by atoms with E-state index in [1.807, 2.05) is 43.3 Å². The van der Waals surface area contributed by atoms with Gasteiger partial charge in [-0.3, -0.25) is 9.36 Å². The number of aromatic nitrogens is 2. The van der Waals surface area contributed by atoms with Crippen molar-refractivity contribution in [3.05, 3.63) is 78.9 Å². The molecule has 1 aliphatic rings. The van der Waals surface area contributed by atoms with Crippen LogP contribution in [0, 0.1) is 0 Å². The van der Waals surface area contributed by atoms with E-state index in [0.717, 1.165) is 52.3 Å². The second-order valence-electron chi connectivity index (χ2n) is 8.16. The first-order valence-corrected chi connectivity index (χ1v) is 13.6. The van der Waals surface area contributed by atoms with Gasteiger partial charge in [0.1, 0.15) is 10.6 Å². The number of halogens is 2. The van der Waals surface area contributed by atoms with E-state index in [4.69, 9.17) is 32.9 Å². The second kappa shape index (κ2) is 9.91. The number of rotatable bonds is 6. The average Bonchev–Trinajstić information content (AvgIpc) is 3.17. The summed E-state index contributed by atoms with van der Waals surface area (Å²) >= 11 is 15.6. The predicted molar refractivity (Wildman–Crippen MR) is 142 cm³/mol. The largest absolute Gasteiger partial charge is 0.494 e. The Labute approximate surface area is 216 Å². The number of thioether (sulfide) groups is 1. The lowest BCUT2D eigenvalue weighted by Gasteiger charge is -2.21. The molecular formula is C25H23Cl2N3O2S2. The van der Waals surface area contributed by atoms with Crippen LogP contribution in [0.3, 0.4) is 0 Å². The number of hydrogen-bond acceptors (Lipinski definition) is 6. The molecule has 3 heterocycles. The fourth-order valence-corrected chi connectivity index (χ4v) is 7.03. The van der Waals surface area contributed by atoms with Crippen molar-refractivity contribution in [3.63, 3.8) is 0 Å². The smallest absolute Gasteiger partial charge is 0.267 e. The molecule has 1 aliphatic heterocycles. The zero-order chi connectivity index (χ0) is 23.8. The van der Waals surface area contributed by atoms with Gasteiger partial charge in [0, 0.05) is 33.8 Å². The van der Waals surface area contributed by atoms with Gasteiger partial charge < -0.3 is 9.64 Å². The third kappa shape index (κ3) is 4.60. The zero-order valence-corrected chi connectivity index (χ0v) is 22.0. The molecule has 0 N–H and O–H groups in total. The summed E-state index contributed by atoms with van der Waals surface area (Å²) in [5, 5.41) is 2.58. The highest BCUT2D eigenvalue weighted by Gasteiger charge is 2.24. The molecule has 0 radical (unpaired) electrons. The van der Waals surface area contributed by atoms with Crippen LogP contribution in [-0.4, -0.2) is 34.7 Å². The number of nitrogens with zero attached hydrogens (tertiary/aromatic N) is 3. The maximum Gasteiger partial charge on any atom is 0.267 e. The molecule has 0 unspecified atom stereocenters. The van der Waals surface area contributed by atoms with Gasteiger partial charge in [-0.1, -0.05) is 41.0 Å². The molecule has 0 saturated carbocycles. The minimum atomic E-state index is -0.0269. The van der Waals surface area contributed by atoms with E-state index in [0.29, 0.717) is 27.6 Å². The summed E-state index contributed by atoms with van der Waals surface area (Å²) in [5.41, 5.74) is 2.82. The molecule has 2 aromatic carbocycles. The van der Waals surface area contributed by atoms with Crippen LogP contribution < -0.4 is 10.3 Å². The molecule has 5 rings (SSSR count). The number of thiophene rings is 1. The fourth-order valence-electron chi connectivity index (χ4n) is 4.12. The number of ether oxygens (including phenoxy) is 1. The molecule has 34 heavy (non-hydrogen) atoms. The summed E-state index contributed by atoms with van der Waals surface area (Å²) in [7, 11) is 2.11. The molecule has 0 saturated heterocycles. The van der Waals surface area contributed by atoms with Crippen molar-refractivity contribution in [3.8, 4) is 11.4 Å². The first kappa shape index (κ1) is 23.7. The molecule has 0 atom stereocenters. The Balaban J connectivity index is 1.62. The third-order valence-electron chi connectivity index (χ3n) is 5.81. The zero-order valence-electron chi connectivity index (χ0n) is 18.8. The highest BCUT2D eigenvalue weighted by Crippen LogP contribution is 2.35. The standard InChI is InChI=1S/C25H23Cl2N3O2S2/c1-3-32-18-8-6-17(7-9-18)30-24(31)22-19-10-11-29(2)13-21(19)34-23(22)28-25(30)33-14-15-4-5-16(26)12-20(15)27/h4-9,12H,3,10-11,13-14H2,1-2H3. The topological polar surface area (TPSA) is 47.4 Å². The molecule has 5 nitrogen and oxygen atoms in total. The maximum atomic E-state index is 13.9. The number of benzene rings is 2. The first-order chi connectivity index (χ1) is 16.4. The Kier molecular flexibility index (Phi) is 6.91. The summed E-state index contributed by atoms with van der Waals surface area (Å²) in [5.74, 6) is 1.34. The SMILES string of the molecule is CCOc1ccc(-n2c(SCc3ccc(Cl)cc3Cl)nc3sc4c(c3c2=O)CCN(C)C4)cc1. The normalized spacial score (nSPS) is 13.9. The summed E-state index contributed by atoms with van der Waals surface area (Å²) in [6, 6.07) is 13.1. The molecule has 0 amide bonds. The van der Waals surface area contributed by atoms with Crippen LogP contribution in [0.2, 0.25) is 10.0 Å². The first-order valence-electron chi connectivity index (χ1n) is 11.0. The van der Waals surface area contributed by atoms with E-state index in [2.05, 4.69) is 11.9 Å². The minimum Gasteiger partial charge on any atom is -0.494 e. The van der Waals surface area contributed by atoms with E-state index in [9.17, 15) is 4.79 Å². The Bertz CT molecular complexity index is 1420. The average molecular weight is 533 g/mol. The quantitative estimate of drug-likeness (QED) is 0.212. The summed E-state index contributed by atoms with van der Waals surface area (Å²) in [4.78, 5) is 23.2. The van der Waals surface area contributed by atoms with Crippen LogP contribution in [-0.2, 0) is 18.7 Å². The number of hydrogen-bond donors (Lipinski definition) is 0. The van der Waals surface area contributed by atoms with Crippen molar-refractivity contribution in [2.45, 2.75) is 30.8 Å². The van der Waals surface area contributed by atoms with Crippen molar-refractivity contribution >= 4 is 56.5 Å². The van der Waals surface area contributed by atoms with Gasteiger partial charge in [-0.25, -0.2) is 4.98 Å². The molecule has 176 valence electrons. The summed E-state index contributed by atoms with van der Waals surface area (Å²) < 4.78 is 7.31. The van der Waals surface area contributed by atoms with E-state index in [1.54, 1.807) is 22.0 Å². The lowest BCUT2D eigenvalue weighted by Crippen LogP contribution is -2.27. The van der Waals surface area contributed by atoms with Crippen LogP contribution in [0.25, 0.3) is 15.9 Å².